The predicted molar refractivity (Wildman–Crippen MR) is 120 cm³/mol. The molecule has 1 aromatic carbocycles. The van der Waals surface area contributed by atoms with Crippen LogP contribution in [0.3, 0.4) is 0 Å². The van der Waals surface area contributed by atoms with Gasteiger partial charge in [-0.15, -0.1) is 0 Å². The van der Waals surface area contributed by atoms with Gasteiger partial charge < -0.3 is 10.6 Å². The van der Waals surface area contributed by atoms with Crippen molar-refractivity contribution in [1.82, 2.24) is 9.21 Å². The molecule has 0 aliphatic carbocycles. The van der Waals surface area contributed by atoms with Crippen molar-refractivity contribution in [2.75, 3.05) is 31.9 Å². The van der Waals surface area contributed by atoms with Crippen molar-refractivity contribution in [1.29, 1.82) is 0 Å². The van der Waals surface area contributed by atoms with Crippen LogP contribution in [0.25, 0.3) is 0 Å². The molecule has 1 atom stereocenters. The van der Waals surface area contributed by atoms with Gasteiger partial charge in [0.25, 0.3) is 0 Å². The number of sulfonamides is 1. The number of hydrogen-bond acceptors (Lipinski definition) is 4. The summed E-state index contributed by atoms with van der Waals surface area (Å²) in [5.41, 5.74) is 7.89. The predicted octanol–water partition coefficient (Wildman–Crippen LogP) is 4.28. The minimum Gasteiger partial charge on any atom is -0.398 e. The van der Waals surface area contributed by atoms with E-state index < -0.39 is 10.0 Å². The van der Waals surface area contributed by atoms with Crippen molar-refractivity contribution in [3.63, 3.8) is 0 Å². The Balaban J connectivity index is 1.63. The van der Waals surface area contributed by atoms with Gasteiger partial charge in [-0.2, -0.15) is 4.31 Å². The van der Waals surface area contributed by atoms with Crippen LogP contribution in [0.1, 0.15) is 70.8 Å². The van der Waals surface area contributed by atoms with E-state index in [0.717, 1.165) is 63.2 Å². The second-order valence-corrected chi connectivity index (χ2v) is 10.9. The van der Waals surface area contributed by atoms with E-state index in [4.69, 9.17) is 5.73 Å². The maximum Gasteiger partial charge on any atom is 0.243 e. The first-order valence-electron chi connectivity index (χ1n) is 11.5. The lowest BCUT2D eigenvalue weighted by molar-refractivity contribution is 0.179. The summed E-state index contributed by atoms with van der Waals surface area (Å²) < 4.78 is 28.4. The Labute approximate surface area is 177 Å². The molecular formula is C23H39N3O2S. The van der Waals surface area contributed by atoms with Crippen molar-refractivity contribution >= 4 is 15.7 Å². The van der Waals surface area contributed by atoms with Crippen LogP contribution in [0.15, 0.2) is 23.1 Å². The molecule has 2 N–H and O–H groups in total. The monoisotopic (exact) mass is 421 g/mol. The summed E-state index contributed by atoms with van der Waals surface area (Å²) in [6, 6.07) is 5.47. The number of likely N-dealkylation sites (tertiary alicyclic amines) is 1. The molecule has 0 spiro atoms. The second kappa shape index (κ2) is 10.3. The van der Waals surface area contributed by atoms with Gasteiger partial charge in [-0.25, -0.2) is 8.42 Å². The lowest BCUT2D eigenvalue weighted by atomic mass is 9.99. The molecular weight excluding hydrogens is 382 g/mol. The number of nitrogens with two attached hydrogens (primary N) is 1. The van der Waals surface area contributed by atoms with E-state index in [9.17, 15) is 8.42 Å². The Bertz CT molecular complexity index is 757. The quantitative estimate of drug-likeness (QED) is 0.477. The van der Waals surface area contributed by atoms with Gasteiger partial charge in [-0.1, -0.05) is 32.8 Å². The molecule has 29 heavy (non-hydrogen) atoms. The number of unbranched alkanes of at least 4 members (excludes halogenated alkanes) is 2. The smallest absolute Gasteiger partial charge is 0.243 e. The first-order chi connectivity index (χ1) is 13.9. The molecule has 2 aliphatic rings. The Kier molecular flexibility index (Phi) is 7.99. The van der Waals surface area contributed by atoms with Crippen LogP contribution in [0.4, 0.5) is 5.69 Å². The van der Waals surface area contributed by atoms with E-state index >= 15 is 0 Å². The van der Waals surface area contributed by atoms with Gasteiger partial charge in [-0.05, 0) is 88.2 Å². The third-order valence-corrected chi connectivity index (χ3v) is 8.70. The molecule has 0 radical (unpaired) electrons. The Morgan fingerprint density at radius 3 is 2.55 bits per heavy atom. The van der Waals surface area contributed by atoms with E-state index in [2.05, 4.69) is 18.7 Å². The topological polar surface area (TPSA) is 66.6 Å². The molecule has 0 amide bonds. The van der Waals surface area contributed by atoms with Gasteiger partial charge in [0.2, 0.25) is 10.0 Å². The third kappa shape index (κ3) is 5.74. The highest BCUT2D eigenvalue weighted by molar-refractivity contribution is 7.89. The molecule has 0 saturated carbocycles. The van der Waals surface area contributed by atoms with E-state index in [1.165, 1.54) is 25.7 Å². The van der Waals surface area contributed by atoms with Crippen molar-refractivity contribution in [3.05, 3.63) is 23.8 Å². The van der Waals surface area contributed by atoms with Crippen molar-refractivity contribution < 1.29 is 8.42 Å². The fourth-order valence-corrected chi connectivity index (χ4v) is 6.45. The standard InChI is InChI=1S/C23H39N3O2S/c1-3-4-5-7-20-9-10-22(18-23(20)24)29(27,28)26-14-6-8-21(26)13-17-25-15-11-19(2)12-16-25/h9-10,18-19,21H,3-8,11-17,24H2,1-2H3. The normalized spacial score (nSPS) is 22.3. The first-order valence-corrected chi connectivity index (χ1v) is 13.0. The summed E-state index contributed by atoms with van der Waals surface area (Å²) in [5.74, 6) is 0.824. The number of nitrogen functional groups attached to an aromatic ring is 1. The molecule has 1 unspecified atom stereocenters. The molecule has 5 nitrogen and oxygen atoms in total. The van der Waals surface area contributed by atoms with Crippen LogP contribution in [0.2, 0.25) is 0 Å². The Morgan fingerprint density at radius 2 is 1.86 bits per heavy atom. The summed E-state index contributed by atoms with van der Waals surface area (Å²) in [7, 11) is -3.48. The maximum atomic E-state index is 13.3. The highest BCUT2D eigenvalue weighted by Crippen LogP contribution is 2.30. The van der Waals surface area contributed by atoms with Gasteiger partial charge in [0.15, 0.2) is 0 Å². The third-order valence-electron chi connectivity index (χ3n) is 6.75. The van der Waals surface area contributed by atoms with Crippen LogP contribution in [0, 0.1) is 5.92 Å². The first kappa shape index (κ1) is 22.6. The fourth-order valence-electron chi connectivity index (χ4n) is 4.69. The average molecular weight is 422 g/mol. The van der Waals surface area contributed by atoms with Gasteiger partial charge in [-0.3, -0.25) is 0 Å². The number of anilines is 1. The van der Waals surface area contributed by atoms with E-state index in [1.807, 2.05) is 6.07 Å². The van der Waals surface area contributed by atoms with Gasteiger partial charge in [0.1, 0.15) is 0 Å². The molecule has 0 aromatic heterocycles. The van der Waals surface area contributed by atoms with Crippen molar-refractivity contribution in [2.24, 2.45) is 5.92 Å². The number of benzene rings is 1. The Hall–Kier alpha value is -1.11. The van der Waals surface area contributed by atoms with Gasteiger partial charge in [0, 0.05) is 18.3 Å². The zero-order chi connectivity index (χ0) is 20.9. The van der Waals surface area contributed by atoms with Crippen molar-refractivity contribution in [3.8, 4) is 0 Å². The number of nitrogens with zero attached hydrogens (tertiary/aromatic N) is 2. The van der Waals surface area contributed by atoms with E-state index in [0.29, 0.717) is 17.1 Å². The summed E-state index contributed by atoms with van der Waals surface area (Å²) in [6.45, 7) is 8.43. The average Bonchev–Trinajstić information content (AvgIpc) is 3.18. The van der Waals surface area contributed by atoms with Crippen LogP contribution in [-0.2, 0) is 16.4 Å². The molecule has 164 valence electrons. The van der Waals surface area contributed by atoms with Crippen molar-refractivity contribution in [2.45, 2.75) is 82.6 Å². The largest absolute Gasteiger partial charge is 0.398 e. The molecule has 6 heteroatoms. The van der Waals surface area contributed by atoms with Crippen LogP contribution in [-0.4, -0.2) is 49.8 Å². The lowest BCUT2D eigenvalue weighted by Crippen LogP contribution is -2.40. The minimum atomic E-state index is -3.48. The number of rotatable bonds is 9. The zero-order valence-electron chi connectivity index (χ0n) is 18.3. The Morgan fingerprint density at radius 1 is 1.10 bits per heavy atom. The van der Waals surface area contributed by atoms with Crippen LogP contribution >= 0.6 is 0 Å². The molecule has 2 saturated heterocycles. The van der Waals surface area contributed by atoms with Gasteiger partial charge in [0.05, 0.1) is 4.90 Å². The molecule has 3 rings (SSSR count). The van der Waals surface area contributed by atoms with Crippen LogP contribution in [0.5, 0.6) is 0 Å². The van der Waals surface area contributed by atoms with Crippen LogP contribution < -0.4 is 5.73 Å². The molecule has 1 aromatic rings. The number of aryl methyl sites for hydroxylation is 1. The van der Waals surface area contributed by atoms with Gasteiger partial charge >= 0.3 is 0 Å². The molecule has 2 heterocycles. The fraction of sp³-hybridized carbons (Fsp3) is 0.739. The van der Waals surface area contributed by atoms with E-state index in [1.54, 1.807) is 16.4 Å². The SMILES string of the molecule is CCCCCc1ccc(S(=O)(=O)N2CCCC2CCN2CCC(C)CC2)cc1N. The number of hydrogen-bond donors (Lipinski definition) is 1. The minimum absolute atomic E-state index is 0.116. The lowest BCUT2D eigenvalue weighted by Gasteiger charge is -2.32. The zero-order valence-corrected chi connectivity index (χ0v) is 19.1. The second-order valence-electron chi connectivity index (χ2n) is 9.04. The molecule has 2 aliphatic heterocycles. The number of piperidine rings is 1. The summed E-state index contributed by atoms with van der Waals surface area (Å²) in [4.78, 5) is 2.86. The summed E-state index contributed by atoms with van der Waals surface area (Å²) >= 11 is 0. The summed E-state index contributed by atoms with van der Waals surface area (Å²) in [5, 5.41) is 0. The highest BCUT2D eigenvalue weighted by Gasteiger charge is 2.35. The molecule has 2 fully saturated rings. The summed E-state index contributed by atoms with van der Waals surface area (Å²) in [6.07, 6.45) is 9.71. The highest BCUT2D eigenvalue weighted by atomic mass is 32.2. The van der Waals surface area contributed by atoms with E-state index in [-0.39, 0.29) is 6.04 Å². The molecule has 0 bridgehead atoms. The maximum absolute atomic E-state index is 13.3.